The summed E-state index contributed by atoms with van der Waals surface area (Å²) in [7, 11) is 0. The third-order valence-electron chi connectivity index (χ3n) is 4.75. The van der Waals surface area contributed by atoms with Gasteiger partial charge in [0.25, 0.3) is 11.7 Å². The molecule has 1 unspecified atom stereocenters. The first kappa shape index (κ1) is 19.6. The van der Waals surface area contributed by atoms with Gasteiger partial charge >= 0.3 is 0 Å². The van der Waals surface area contributed by atoms with Crippen LogP contribution in [0.15, 0.2) is 54.4 Å². The molecule has 1 saturated heterocycles. The second-order valence-electron chi connectivity index (χ2n) is 6.58. The fraction of sp³-hybridized carbons (Fsp3) is 0.318. The topological polar surface area (TPSA) is 79.7 Å². The number of ether oxygens (including phenoxy) is 1. The van der Waals surface area contributed by atoms with Gasteiger partial charge in [0, 0.05) is 24.5 Å². The number of carbonyl (C=O) groups is 2. The molecule has 2 heterocycles. The van der Waals surface area contributed by atoms with Crippen molar-refractivity contribution in [1.29, 1.82) is 0 Å². The molecule has 0 spiro atoms. The predicted molar refractivity (Wildman–Crippen MR) is 106 cm³/mol. The van der Waals surface area contributed by atoms with Gasteiger partial charge in [-0.1, -0.05) is 25.5 Å². The molecule has 146 valence electrons. The molecule has 0 saturated carbocycles. The van der Waals surface area contributed by atoms with E-state index in [1.807, 2.05) is 38.1 Å². The minimum Gasteiger partial charge on any atom is -0.507 e. The highest BCUT2D eigenvalue weighted by atomic mass is 16.5. The zero-order valence-electron chi connectivity index (χ0n) is 16.1. The second kappa shape index (κ2) is 8.69. The molecule has 1 atom stereocenters. The summed E-state index contributed by atoms with van der Waals surface area (Å²) in [6.07, 6.45) is 4.74. The Morgan fingerprint density at radius 1 is 1.11 bits per heavy atom. The van der Waals surface area contributed by atoms with Crippen LogP contribution in [0.3, 0.4) is 0 Å². The van der Waals surface area contributed by atoms with Gasteiger partial charge in [-0.3, -0.25) is 14.6 Å². The number of carbonyl (C=O) groups excluding carboxylic acids is 2. The predicted octanol–water partition coefficient (Wildman–Crippen LogP) is 3.70. The zero-order valence-corrected chi connectivity index (χ0v) is 16.1. The number of amides is 1. The lowest BCUT2D eigenvalue weighted by Crippen LogP contribution is -2.30. The third kappa shape index (κ3) is 3.76. The monoisotopic (exact) mass is 380 g/mol. The Bertz CT molecular complexity index is 875. The first-order valence-corrected chi connectivity index (χ1v) is 9.50. The molecule has 1 fully saturated rings. The van der Waals surface area contributed by atoms with Crippen molar-refractivity contribution in [3.63, 3.8) is 0 Å². The Kier molecular flexibility index (Phi) is 6.09. The van der Waals surface area contributed by atoms with Crippen LogP contribution in [0.25, 0.3) is 5.76 Å². The molecule has 0 aliphatic carbocycles. The Morgan fingerprint density at radius 2 is 1.79 bits per heavy atom. The van der Waals surface area contributed by atoms with E-state index in [9.17, 15) is 14.7 Å². The van der Waals surface area contributed by atoms with Crippen LogP contribution in [0.2, 0.25) is 0 Å². The van der Waals surface area contributed by atoms with Gasteiger partial charge in [0.1, 0.15) is 11.5 Å². The van der Waals surface area contributed by atoms with Gasteiger partial charge in [0.05, 0.1) is 18.2 Å². The molecule has 1 amide bonds. The minimum absolute atomic E-state index is 0.108. The molecule has 1 aromatic heterocycles. The SMILES string of the molecule is CCCCN1C(=O)C(=O)/C(=C(\O)c2ccncc2)C1c1ccc(OCC)cc1. The van der Waals surface area contributed by atoms with Crippen LogP contribution >= 0.6 is 0 Å². The van der Waals surface area contributed by atoms with Crippen LogP contribution in [-0.2, 0) is 9.59 Å². The molecule has 3 rings (SSSR count). The summed E-state index contributed by atoms with van der Waals surface area (Å²) in [4.78, 5) is 31.0. The lowest BCUT2D eigenvalue weighted by molar-refractivity contribution is -0.139. The van der Waals surface area contributed by atoms with Crippen LogP contribution < -0.4 is 4.74 Å². The molecule has 1 N–H and O–H groups in total. The number of aromatic nitrogens is 1. The van der Waals surface area contributed by atoms with E-state index in [4.69, 9.17) is 4.74 Å². The number of ketones is 1. The maximum absolute atomic E-state index is 12.8. The summed E-state index contributed by atoms with van der Waals surface area (Å²) < 4.78 is 5.49. The van der Waals surface area contributed by atoms with E-state index < -0.39 is 17.7 Å². The highest BCUT2D eigenvalue weighted by Gasteiger charge is 2.45. The Hall–Kier alpha value is -3.15. The number of rotatable bonds is 7. The van der Waals surface area contributed by atoms with E-state index in [1.54, 1.807) is 17.0 Å². The van der Waals surface area contributed by atoms with Gasteiger partial charge in [0.2, 0.25) is 0 Å². The number of aliphatic hydroxyl groups is 1. The first-order chi connectivity index (χ1) is 13.6. The van der Waals surface area contributed by atoms with Gasteiger partial charge in [-0.05, 0) is 43.2 Å². The number of hydrogen-bond donors (Lipinski definition) is 1. The molecule has 6 nitrogen and oxygen atoms in total. The van der Waals surface area contributed by atoms with Crippen LogP contribution in [-0.4, -0.2) is 39.8 Å². The summed E-state index contributed by atoms with van der Waals surface area (Å²) in [5, 5.41) is 10.8. The molecule has 1 aromatic carbocycles. The number of likely N-dealkylation sites (tertiary alicyclic amines) is 1. The van der Waals surface area contributed by atoms with E-state index in [2.05, 4.69) is 4.98 Å². The van der Waals surface area contributed by atoms with E-state index in [0.717, 1.165) is 18.4 Å². The van der Waals surface area contributed by atoms with Crippen molar-refractivity contribution in [3.8, 4) is 5.75 Å². The number of aliphatic hydroxyl groups excluding tert-OH is 1. The average molecular weight is 380 g/mol. The smallest absolute Gasteiger partial charge is 0.295 e. The number of pyridine rings is 1. The molecular formula is C22H24N2O4. The first-order valence-electron chi connectivity index (χ1n) is 9.50. The number of unbranched alkanes of at least 4 members (excludes halogenated alkanes) is 1. The van der Waals surface area contributed by atoms with Crippen molar-refractivity contribution in [3.05, 3.63) is 65.5 Å². The molecule has 0 bridgehead atoms. The largest absolute Gasteiger partial charge is 0.507 e. The van der Waals surface area contributed by atoms with Gasteiger partial charge < -0.3 is 14.7 Å². The molecule has 1 aliphatic heterocycles. The molecule has 6 heteroatoms. The van der Waals surface area contributed by atoms with Crippen molar-refractivity contribution >= 4 is 17.4 Å². The lowest BCUT2D eigenvalue weighted by atomic mass is 9.95. The zero-order chi connectivity index (χ0) is 20.1. The standard InChI is InChI=1S/C22H24N2O4/c1-3-5-14-24-19(15-6-8-17(9-7-15)28-4-2)18(21(26)22(24)27)20(25)16-10-12-23-13-11-16/h6-13,19,25H,3-5,14H2,1-2H3/b20-18-. The van der Waals surface area contributed by atoms with E-state index in [1.165, 1.54) is 12.4 Å². The van der Waals surface area contributed by atoms with Crippen LogP contribution in [0.4, 0.5) is 0 Å². The highest BCUT2D eigenvalue weighted by Crippen LogP contribution is 2.39. The summed E-state index contributed by atoms with van der Waals surface area (Å²) in [5.41, 5.74) is 1.32. The van der Waals surface area contributed by atoms with Gasteiger partial charge in [-0.25, -0.2) is 0 Å². The molecular weight excluding hydrogens is 356 g/mol. The van der Waals surface area contributed by atoms with Gasteiger partial charge in [0.15, 0.2) is 0 Å². The van der Waals surface area contributed by atoms with Crippen molar-refractivity contribution in [1.82, 2.24) is 9.88 Å². The number of benzene rings is 1. The number of hydrogen-bond acceptors (Lipinski definition) is 5. The summed E-state index contributed by atoms with van der Waals surface area (Å²) in [6, 6.07) is 9.89. The maximum Gasteiger partial charge on any atom is 0.295 e. The minimum atomic E-state index is -0.663. The van der Waals surface area contributed by atoms with E-state index in [-0.39, 0.29) is 11.3 Å². The molecule has 2 aromatic rings. The van der Waals surface area contributed by atoms with E-state index in [0.29, 0.717) is 24.5 Å². The summed E-state index contributed by atoms with van der Waals surface area (Å²) in [5.74, 6) is -0.711. The maximum atomic E-state index is 12.8. The van der Waals surface area contributed by atoms with Crippen molar-refractivity contribution < 1.29 is 19.4 Å². The number of nitrogens with zero attached hydrogens (tertiary/aromatic N) is 2. The third-order valence-corrected chi connectivity index (χ3v) is 4.75. The Balaban J connectivity index is 2.10. The Morgan fingerprint density at radius 3 is 2.39 bits per heavy atom. The molecule has 28 heavy (non-hydrogen) atoms. The summed E-state index contributed by atoms with van der Waals surface area (Å²) in [6.45, 7) is 4.93. The van der Waals surface area contributed by atoms with Crippen molar-refractivity contribution in [2.24, 2.45) is 0 Å². The quantitative estimate of drug-likeness (QED) is 0.450. The fourth-order valence-corrected chi connectivity index (χ4v) is 3.36. The van der Waals surface area contributed by atoms with Gasteiger partial charge in [-0.15, -0.1) is 0 Å². The van der Waals surface area contributed by atoms with Gasteiger partial charge in [-0.2, -0.15) is 0 Å². The molecule has 1 aliphatic rings. The van der Waals surface area contributed by atoms with Crippen LogP contribution in [0.5, 0.6) is 5.75 Å². The molecule has 0 radical (unpaired) electrons. The normalized spacial score (nSPS) is 18.5. The van der Waals surface area contributed by atoms with Crippen LogP contribution in [0, 0.1) is 0 Å². The Labute approximate surface area is 164 Å². The lowest BCUT2D eigenvalue weighted by Gasteiger charge is -2.25. The number of Topliss-reactive ketones (excluding diaryl/α,β-unsaturated/α-hetero) is 1. The second-order valence-corrected chi connectivity index (χ2v) is 6.58. The van der Waals surface area contributed by atoms with E-state index >= 15 is 0 Å². The van der Waals surface area contributed by atoms with Crippen molar-refractivity contribution in [2.45, 2.75) is 32.7 Å². The van der Waals surface area contributed by atoms with Crippen molar-refractivity contribution in [2.75, 3.05) is 13.2 Å². The summed E-state index contributed by atoms with van der Waals surface area (Å²) >= 11 is 0. The average Bonchev–Trinajstić information content (AvgIpc) is 2.98. The fourth-order valence-electron chi connectivity index (χ4n) is 3.36. The van der Waals surface area contributed by atoms with Crippen LogP contribution in [0.1, 0.15) is 43.9 Å². The highest BCUT2D eigenvalue weighted by molar-refractivity contribution is 6.46.